The van der Waals surface area contributed by atoms with E-state index in [1.54, 1.807) is 0 Å². The minimum absolute atomic E-state index is 0.0789. The maximum absolute atomic E-state index is 6.17. The van der Waals surface area contributed by atoms with Crippen molar-refractivity contribution in [1.29, 1.82) is 0 Å². The molecule has 2 atom stereocenters. The second kappa shape index (κ2) is 3.96. The lowest BCUT2D eigenvalue weighted by Crippen LogP contribution is -2.24. The van der Waals surface area contributed by atoms with E-state index in [2.05, 4.69) is 66.7 Å². The van der Waals surface area contributed by atoms with Crippen LogP contribution in [-0.4, -0.2) is 11.7 Å². The van der Waals surface area contributed by atoms with E-state index in [4.69, 9.17) is 4.74 Å². The third-order valence-corrected chi connectivity index (χ3v) is 5.00. The predicted octanol–water partition coefficient (Wildman–Crippen LogP) is 3.95. The van der Waals surface area contributed by atoms with Crippen molar-refractivity contribution in [3.63, 3.8) is 0 Å². The lowest BCUT2D eigenvalue weighted by atomic mass is 9.82. The molecule has 0 bridgehead atoms. The number of allylic oxidation sites excluding steroid dienone is 2. The van der Waals surface area contributed by atoms with Gasteiger partial charge in [0, 0.05) is 6.42 Å². The van der Waals surface area contributed by atoms with Crippen LogP contribution in [0.5, 0.6) is 0 Å². The van der Waals surface area contributed by atoms with E-state index in [-0.39, 0.29) is 11.7 Å². The van der Waals surface area contributed by atoms with Crippen molar-refractivity contribution in [3.8, 4) is 0 Å². The van der Waals surface area contributed by atoms with Gasteiger partial charge in [0.25, 0.3) is 0 Å². The molecule has 2 aromatic rings. The summed E-state index contributed by atoms with van der Waals surface area (Å²) in [5.41, 5.74) is 7.00. The topological polar surface area (TPSA) is 12.5 Å². The third kappa shape index (κ3) is 1.55. The van der Waals surface area contributed by atoms with Gasteiger partial charge >= 0.3 is 0 Å². The molecular formula is C20H16O. The number of ether oxygens (including phenoxy) is 1. The van der Waals surface area contributed by atoms with Gasteiger partial charge in [0.1, 0.15) is 11.7 Å². The fourth-order valence-corrected chi connectivity index (χ4v) is 3.92. The molecule has 21 heavy (non-hydrogen) atoms. The Morgan fingerprint density at radius 3 is 2.71 bits per heavy atom. The molecule has 0 aromatic heterocycles. The molecule has 1 nitrogen and oxygen atoms in total. The Morgan fingerprint density at radius 2 is 1.81 bits per heavy atom. The van der Waals surface area contributed by atoms with Crippen LogP contribution in [0.4, 0.5) is 0 Å². The predicted molar refractivity (Wildman–Crippen MR) is 84.0 cm³/mol. The molecule has 0 radical (unpaired) electrons. The quantitative estimate of drug-likeness (QED) is 0.754. The lowest BCUT2D eigenvalue weighted by Gasteiger charge is -2.18. The Kier molecular flexibility index (Phi) is 2.17. The molecule has 0 spiro atoms. The van der Waals surface area contributed by atoms with Crippen molar-refractivity contribution in [2.24, 2.45) is 0 Å². The summed E-state index contributed by atoms with van der Waals surface area (Å²) in [6.45, 7) is 0. The van der Waals surface area contributed by atoms with Crippen LogP contribution in [0.25, 0.3) is 5.57 Å². The molecule has 0 N–H and O–H groups in total. The van der Waals surface area contributed by atoms with E-state index in [0.29, 0.717) is 0 Å². The number of fused-ring (bicyclic) bond motifs is 4. The maximum Gasteiger partial charge on any atom is 0.125 e. The monoisotopic (exact) mass is 272 g/mol. The first-order valence-corrected chi connectivity index (χ1v) is 7.59. The van der Waals surface area contributed by atoms with Crippen LogP contribution in [0.15, 0.2) is 72.3 Å². The molecular weight excluding hydrogens is 256 g/mol. The second-order valence-electron chi connectivity index (χ2n) is 6.18. The van der Waals surface area contributed by atoms with Crippen molar-refractivity contribution in [2.75, 3.05) is 0 Å². The Labute approximate surface area is 124 Å². The zero-order valence-electron chi connectivity index (χ0n) is 11.8. The van der Waals surface area contributed by atoms with Gasteiger partial charge in [-0.2, -0.15) is 0 Å². The zero-order valence-corrected chi connectivity index (χ0v) is 11.8. The Morgan fingerprint density at radius 1 is 1.00 bits per heavy atom. The summed E-state index contributed by atoms with van der Waals surface area (Å²) in [4.78, 5) is 0. The number of benzene rings is 2. The Hall–Kier alpha value is -2.12. The molecule has 2 unspecified atom stereocenters. The molecule has 2 aliphatic carbocycles. The second-order valence-corrected chi connectivity index (χ2v) is 6.18. The van der Waals surface area contributed by atoms with E-state index in [1.165, 1.54) is 27.8 Å². The largest absolute Gasteiger partial charge is 0.356 e. The normalized spacial score (nSPS) is 28.1. The van der Waals surface area contributed by atoms with Gasteiger partial charge in [0.05, 0.1) is 0 Å². The summed E-state index contributed by atoms with van der Waals surface area (Å²) in [5.74, 6) is 0. The van der Waals surface area contributed by atoms with Crippen LogP contribution >= 0.6 is 0 Å². The highest BCUT2D eigenvalue weighted by Crippen LogP contribution is 2.55. The van der Waals surface area contributed by atoms with E-state index in [9.17, 15) is 0 Å². The van der Waals surface area contributed by atoms with Gasteiger partial charge in [0.15, 0.2) is 0 Å². The molecule has 1 heteroatoms. The summed E-state index contributed by atoms with van der Waals surface area (Å²) in [6, 6.07) is 19.4. The first-order valence-electron chi connectivity index (χ1n) is 7.59. The number of hydrogen-bond acceptors (Lipinski definition) is 1. The van der Waals surface area contributed by atoms with Crippen LogP contribution in [0.3, 0.4) is 0 Å². The first-order chi connectivity index (χ1) is 10.4. The van der Waals surface area contributed by atoms with Crippen LogP contribution in [-0.2, 0) is 17.6 Å². The summed E-state index contributed by atoms with van der Waals surface area (Å²) < 4.78 is 6.17. The highest BCUT2D eigenvalue weighted by molar-refractivity contribution is 5.86. The van der Waals surface area contributed by atoms with Gasteiger partial charge in [-0.15, -0.1) is 0 Å². The highest BCUT2D eigenvalue weighted by Gasteiger charge is 2.60. The Balaban J connectivity index is 1.58. The third-order valence-electron chi connectivity index (χ3n) is 5.00. The molecule has 0 amide bonds. The summed E-state index contributed by atoms with van der Waals surface area (Å²) in [6.07, 6.45) is 6.80. The molecule has 2 aromatic carbocycles. The van der Waals surface area contributed by atoms with E-state index in [1.807, 2.05) is 0 Å². The standard InChI is InChI=1S/C20H16O/c1-2-6-14(7-3-1)13-20-18-12-15-8-4-5-9-16(15)17(18)10-11-19(20)21-20/h1-11,19H,12-13H2. The Bertz CT molecular complexity index is 784. The van der Waals surface area contributed by atoms with Gasteiger partial charge in [-0.3, -0.25) is 0 Å². The minimum atomic E-state index is -0.0789. The smallest absolute Gasteiger partial charge is 0.125 e. The molecule has 5 rings (SSSR count). The molecule has 1 saturated heterocycles. The van der Waals surface area contributed by atoms with Crippen LogP contribution in [0, 0.1) is 0 Å². The molecule has 3 aliphatic rings. The number of hydrogen-bond donors (Lipinski definition) is 0. The van der Waals surface area contributed by atoms with Gasteiger partial charge in [-0.1, -0.05) is 66.7 Å². The first kappa shape index (κ1) is 11.5. The summed E-state index contributed by atoms with van der Waals surface area (Å²) >= 11 is 0. The molecule has 1 heterocycles. The summed E-state index contributed by atoms with van der Waals surface area (Å²) in [7, 11) is 0. The molecule has 1 fully saturated rings. The molecule has 0 saturated carbocycles. The van der Waals surface area contributed by atoms with Crippen molar-refractivity contribution in [2.45, 2.75) is 24.5 Å². The van der Waals surface area contributed by atoms with Gasteiger partial charge in [-0.05, 0) is 34.3 Å². The highest BCUT2D eigenvalue weighted by atomic mass is 16.6. The molecule has 102 valence electrons. The zero-order chi connectivity index (χ0) is 13.9. The van der Waals surface area contributed by atoms with E-state index in [0.717, 1.165) is 12.8 Å². The van der Waals surface area contributed by atoms with Gasteiger partial charge in [0.2, 0.25) is 0 Å². The average Bonchev–Trinajstić information content (AvgIpc) is 3.12. The lowest BCUT2D eigenvalue weighted by molar-refractivity contribution is 0.327. The molecule has 1 aliphatic heterocycles. The van der Waals surface area contributed by atoms with Gasteiger partial charge < -0.3 is 4.74 Å². The summed E-state index contributed by atoms with van der Waals surface area (Å²) in [5, 5.41) is 0. The van der Waals surface area contributed by atoms with E-state index >= 15 is 0 Å². The van der Waals surface area contributed by atoms with Crippen LogP contribution in [0.2, 0.25) is 0 Å². The van der Waals surface area contributed by atoms with Crippen molar-refractivity contribution in [1.82, 2.24) is 0 Å². The van der Waals surface area contributed by atoms with Crippen LogP contribution < -0.4 is 0 Å². The van der Waals surface area contributed by atoms with Crippen LogP contribution in [0.1, 0.15) is 16.7 Å². The van der Waals surface area contributed by atoms with Crippen molar-refractivity contribution in [3.05, 3.63) is 89.0 Å². The number of rotatable bonds is 2. The SMILES string of the molecule is C1=CC2OC2(Cc2ccccc2)C2=C1c1ccccc1C2. The van der Waals surface area contributed by atoms with Crippen molar-refractivity contribution >= 4 is 5.57 Å². The maximum atomic E-state index is 6.17. The van der Waals surface area contributed by atoms with E-state index < -0.39 is 0 Å². The average molecular weight is 272 g/mol. The minimum Gasteiger partial charge on any atom is -0.356 e. The van der Waals surface area contributed by atoms with Gasteiger partial charge in [-0.25, -0.2) is 0 Å². The van der Waals surface area contributed by atoms with Crippen molar-refractivity contribution < 1.29 is 4.74 Å². The fourth-order valence-electron chi connectivity index (χ4n) is 3.92. The number of epoxide rings is 1. The fraction of sp³-hybridized carbons (Fsp3) is 0.200.